The summed E-state index contributed by atoms with van der Waals surface area (Å²) in [6.07, 6.45) is 2.86. The van der Waals surface area contributed by atoms with E-state index in [1.54, 1.807) is 10.7 Å². The molecule has 0 aliphatic heterocycles. The van der Waals surface area contributed by atoms with E-state index in [-0.39, 0.29) is 0 Å². The lowest BCUT2D eigenvalue weighted by Gasteiger charge is -2.08. The zero-order valence-electron chi connectivity index (χ0n) is 10.4. The highest BCUT2D eigenvalue weighted by Crippen LogP contribution is 2.22. The van der Waals surface area contributed by atoms with Gasteiger partial charge in [-0.05, 0) is 30.2 Å². The molecule has 0 saturated carbocycles. The highest BCUT2D eigenvalue weighted by molar-refractivity contribution is 6.33. The summed E-state index contributed by atoms with van der Waals surface area (Å²) in [5.41, 5.74) is 3.07. The standard InChI is InChI=1S/C13H15Cl2N3/c1-3-12-13(8-18(2)17-12)16-7-9-6-10(14)4-5-11(9)15/h4-6,8,16H,3,7H2,1-2H3. The minimum absolute atomic E-state index is 0.637. The summed E-state index contributed by atoms with van der Waals surface area (Å²) < 4.78 is 1.81. The first-order valence-corrected chi connectivity index (χ1v) is 6.56. The molecule has 2 rings (SSSR count). The first-order chi connectivity index (χ1) is 8.60. The number of nitrogens with zero attached hydrogens (tertiary/aromatic N) is 2. The molecule has 0 amide bonds. The van der Waals surface area contributed by atoms with Gasteiger partial charge in [-0.2, -0.15) is 5.10 Å². The van der Waals surface area contributed by atoms with Crippen molar-refractivity contribution >= 4 is 28.9 Å². The van der Waals surface area contributed by atoms with Gasteiger partial charge in [-0.15, -0.1) is 0 Å². The summed E-state index contributed by atoms with van der Waals surface area (Å²) in [6, 6.07) is 5.47. The van der Waals surface area contributed by atoms with E-state index >= 15 is 0 Å². The number of benzene rings is 1. The average molecular weight is 284 g/mol. The fourth-order valence-corrected chi connectivity index (χ4v) is 2.19. The molecule has 0 atom stereocenters. The van der Waals surface area contributed by atoms with Crippen LogP contribution in [0.5, 0.6) is 0 Å². The van der Waals surface area contributed by atoms with Gasteiger partial charge in [-0.25, -0.2) is 0 Å². The molecule has 18 heavy (non-hydrogen) atoms. The van der Waals surface area contributed by atoms with Crippen molar-refractivity contribution in [2.75, 3.05) is 5.32 Å². The fraction of sp³-hybridized carbons (Fsp3) is 0.308. The Balaban J connectivity index is 2.13. The Kier molecular flexibility index (Phi) is 4.15. The number of halogens is 2. The van der Waals surface area contributed by atoms with Gasteiger partial charge in [0.25, 0.3) is 0 Å². The summed E-state index contributed by atoms with van der Waals surface area (Å²) >= 11 is 12.1. The second-order valence-corrected chi connectivity index (χ2v) is 4.95. The maximum absolute atomic E-state index is 6.12. The zero-order chi connectivity index (χ0) is 13.1. The molecule has 3 nitrogen and oxygen atoms in total. The number of hydrogen-bond donors (Lipinski definition) is 1. The van der Waals surface area contributed by atoms with Gasteiger partial charge < -0.3 is 5.32 Å². The third kappa shape index (κ3) is 2.98. The van der Waals surface area contributed by atoms with Gasteiger partial charge in [0.15, 0.2) is 0 Å². The maximum Gasteiger partial charge on any atom is 0.0853 e. The molecule has 1 aromatic heterocycles. The number of hydrogen-bond acceptors (Lipinski definition) is 2. The molecule has 0 radical (unpaired) electrons. The van der Waals surface area contributed by atoms with Gasteiger partial charge in [-0.1, -0.05) is 30.1 Å². The smallest absolute Gasteiger partial charge is 0.0853 e. The number of aromatic nitrogens is 2. The van der Waals surface area contributed by atoms with E-state index in [0.29, 0.717) is 16.6 Å². The molecule has 0 spiro atoms. The molecule has 0 bridgehead atoms. The molecule has 0 saturated heterocycles. The van der Waals surface area contributed by atoms with Gasteiger partial charge >= 0.3 is 0 Å². The van der Waals surface area contributed by atoms with Crippen molar-refractivity contribution in [3.05, 3.63) is 45.7 Å². The lowest BCUT2D eigenvalue weighted by Crippen LogP contribution is -2.01. The predicted molar refractivity (Wildman–Crippen MR) is 76.4 cm³/mol. The monoisotopic (exact) mass is 283 g/mol. The molecule has 0 aliphatic rings. The topological polar surface area (TPSA) is 29.9 Å². The van der Waals surface area contributed by atoms with E-state index in [0.717, 1.165) is 23.4 Å². The molecule has 0 aliphatic carbocycles. The summed E-state index contributed by atoms with van der Waals surface area (Å²) in [4.78, 5) is 0. The quantitative estimate of drug-likeness (QED) is 0.922. The van der Waals surface area contributed by atoms with Gasteiger partial charge in [0.05, 0.1) is 11.4 Å². The van der Waals surface area contributed by atoms with Crippen molar-refractivity contribution in [3.63, 3.8) is 0 Å². The molecule has 1 aromatic carbocycles. The highest BCUT2D eigenvalue weighted by atomic mass is 35.5. The van der Waals surface area contributed by atoms with Gasteiger partial charge in [0.1, 0.15) is 0 Å². The molecule has 0 unspecified atom stereocenters. The van der Waals surface area contributed by atoms with Crippen LogP contribution in [0.2, 0.25) is 10.0 Å². The van der Waals surface area contributed by atoms with Crippen LogP contribution in [0.3, 0.4) is 0 Å². The van der Waals surface area contributed by atoms with Crippen LogP contribution in [0.1, 0.15) is 18.2 Å². The zero-order valence-corrected chi connectivity index (χ0v) is 11.9. The summed E-state index contributed by atoms with van der Waals surface area (Å²) in [6.45, 7) is 2.72. The Morgan fingerprint density at radius 1 is 1.33 bits per heavy atom. The Morgan fingerprint density at radius 2 is 2.11 bits per heavy atom. The predicted octanol–water partition coefficient (Wildman–Crippen LogP) is 3.90. The summed E-state index contributed by atoms with van der Waals surface area (Å²) in [5.74, 6) is 0. The van der Waals surface area contributed by atoms with E-state index in [2.05, 4.69) is 17.3 Å². The van der Waals surface area contributed by atoms with Crippen molar-refractivity contribution in [1.82, 2.24) is 9.78 Å². The lowest BCUT2D eigenvalue weighted by atomic mass is 10.2. The van der Waals surface area contributed by atoms with Crippen LogP contribution >= 0.6 is 23.2 Å². The van der Waals surface area contributed by atoms with Crippen molar-refractivity contribution in [3.8, 4) is 0 Å². The third-order valence-electron chi connectivity index (χ3n) is 2.72. The summed E-state index contributed by atoms with van der Waals surface area (Å²) in [7, 11) is 1.91. The Hall–Kier alpha value is -1.19. The van der Waals surface area contributed by atoms with Crippen LogP contribution in [-0.4, -0.2) is 9.78 Å². The Morgan fingerprint density at radius 3 is 2.83 bits per heavy atom. The molecular weight excluding hydrogens is 269 g/mol. The lowest BCUT2D eigenvalue weighted by molar-refractivity contribution is 0.746. The second kappa shape index (κ2) is 5.63. The van der Waals surface area contributed by atoms with Crippen molar-refractivity contribution in [2.24, 2.45) is 7.05 Å². The maximum atomic E-state index is 6.12. The molecule has 96 valence electrons. The van der Waals surface area contributed by atoms with Crippen LogP contribution in [-0.2, 0) is 20.0 Å². The fourth-order valence-electron chi connectivity index (χ4n) is 1.81. The molecule has 5 heteroatoms. The van der Waals surface area contributed by atoms with Crippen LogP contribution in [0.15, 0.2) is 24.4 Å². The minimum atomic E-state index is 0.637. The Labute approximate surface area is 117 Å². The van der Waals surface area contributed by atoms with Crippen LogP contribution in [0.4, 0.5) is 5.69 Å². The minimum Gasteiger partial charge on any atom is -0.378 e. The van der Waals surface area contributed by atoms with E-state index in [4.69, 9.17) is 23.2 Å². The van der Waals surface area contributed by atoms with Crippen molar-refractivity contribution in [2.45, 2.75) is 19.9 Å². The molecule has 2 aromatic rings. The highest BCUT2D eigenvalue weighted by Gasteiger charge is 2.07. The summed E-state index contributed by atoms with van der Waals surface area (Å²) in [5, 5.41) is 9.13. The van der Waals surface area contributed by atoms with E-state index in [9.17, 15) is 0 Å². The van der Waals surface area contributed by atoms with E-state index in [1.165, 1.54) is 0 Å². The average Bonchev–Trinajstić information content (AvgIpc) is 2.71. The third-order valence-corrected chi connectivity index (χ3v) is 3.32. The second-order valence-electron chi connectivity index (χ2n) is 4.11. The van der Waals surface area contributed by atoms with Gasteiger partial charge in [0, 0.05) is 29.8 Å². The van der Waals surface area contributed by atoms with Crippen LogP contribution < -0.4 is 5.32 Å². The number of rotatable bonds is 4. The largest absolute Gasteiger partial charge is 0.378 e. The number of nitrogens with one attached hydrogen (secondary N) is 1. The van der Waals surface area contributed by atoms with Gasteiger partial charge in [0.2, 0.25) is 0 Å². The number of anilines is 1. The van der Waals surface area contributed by atoms with Crippen LogP contribution in [0.25, 0.3) is 0 Å². The normalized spacial score (nSPS) is 10.7. The first kappa shape index (κ1) is 13.2. The SMILES string of the molecule is CCc1nn(C)cc1NCc1cc(Cl)ccc1Cl. The molecule has 0 fully saturated rings. The molecule has 1 N–H and O–H groups in total. The van der Waals surface area contributed by atoms with Gasteiger partial charge in [-0.3, -0.25) is 4.68 Å². The molecular formula is C13H15Cl2N3. The van der Waals surface area contributed by atoms with Crippen molar-refractivity contribution < 1.29 is 0 Å². The van der Waals surface area contributed by atoms with E-state index in [1.807, 2.05) is 25.4 Å². The Bertz CT molecular complexity index is 549. The number of aryl methyl sites for hydroxylation is 2. The van der Waals surface area contributed by atoms with E-state index < -0.39 is 0 Å². The first-order valence-electron chi connectivity index (χ1n) is 5.80. The molecule has 1 heterocycles. The van der Waals surface area contributed by atoms with Crippen LogP contribution in [0, 0.1) is 0 Å². The van der Waals surface area contributed by atoms with Crippen molar-refractivity contribution in [1.29, 1.82) is 0 Å².